The number of rotatable bonds is 8. The van der Waals surface area contributed by atoms with Gasteiger partial charge in [0.15, 0.2) is 6.61 Å². The van der Waals surface area contributed by atoms with Gasteiger partial charge < -0.3 is 14.8 Å². The van der Waals surface area contributed by atoms with Crippen LogP contribution in [0.5, 0.6) is 11.5 Å². The average molecular weight is 378 g/mol. The van der Waals surface area contributed by atoms with Crippen LogP contribution in [0.25, 0.3) is 0 Å². The van der Waals surface area contributed by atoms with Gasteiger partial charge in [0.2, 0.25) is 0 Å². The highest BCUT2D eigenvalue weighted by Crippen LogP contribution is 2.22. The number of carbonyl (C=O) groups is 1. The fourth-order valence-electron chi connectivity index (χ4n) is 2.13. The molecule has 2 rings (SSSR count). The molecule has 0 fully saturated rings. The van der Waals surface area contributed by atoms with Crippen molar-refractivity contribution >= 4 is 21.6 Å². The number of amides is 1. The summed E-state index contributed by atoms with van der Waals surface area (Å²) in [6, 6.07) is 12.5. The monoisotopic (exact) mass is 378 g/mol. The third kappa shape index (κ3) is 5.66. The Morgan fingerprint density at radius 2 is 1.77 bits per heavy atom. The summed E-state index contributed by atoms with van der Waals surface area (Å²) in [5.74, 6) is 0.717. The number of carbonyl (C=O) groups excluding carboxylic acids is 1. The van der Waals surface area contributed by atoms with Gasteiger partial charge in [-0.3, -0.25) is 9.52 Å². The maximum Gasteiger partial charge on any atom is 0.261 e. The summed E-state index contributed by atoms with van der Waals surface area (Å²) in [7, 11) is -2.23. The van der Waals surface area contributed by atoms with Crippen LogP contribution in [0.4, 0.5) is 5.69 Å². The van der Waals surface area contributed by atoms with Crippen molar-refractivity contribution in [3.05, 3.63) is 48.5 Å². The molecule has 0 bridgehead atoms. The van der Waals surface area contributed by atoms with Crippen LogP contribution in [0.3, 0.4) is 0 Å². The van der Waals surface area contributed by atoms with Crippen LogP contribution in [0.1, 0.15) is 13.8 Å². The topological polar surface area (TPSA) is 93.7 Å². The molecule has 0 atom stereocenters. The van der Waals surface area contributed by atoms with Gasteiger partial charge in [-0.05, 0) is 50.2 Å². The first-order valence-electron chi connectivity index (χ1n) is 7.99. The molecule has 8 heteroatoms. The molecule has 0 saturated heterocycles. The molecule has 7 nitrogen and oxygen atoms in total. The van der Waals surface area contributed by atoms with E-state index in [4.69, 9.17) is 9.47 Å². The Hall–Kier alpha value is -2.74. The predicted molar refractivity (Wildman–Crippen MR) is 99.0 cm³/mol. The molecule has 2 aromatic carbocycles. The Bertz CT molecular complexity index is 848. The number of methoxy groups -OCH3 is 1. The summed E-state index contributed by atoms with van der Waals surface area (Å²) in [6.45, 7) is 3.58. The van der Waals surface area contributed by atoms with Crippen molar-refractivity contribution in [3.63, 3.8) is 0 Å². The molecule has 0 radical (unpaired) electrons. The van der Waals surface area contributed by atoms with Crippen LogP contribution in [-0.2, 0) is 14.8 Å². The van der Waals surface area contributed by atoms with E-state index in [2.05, 4.69) is 10.0 Å². The molecular formula is C18H22N2O5S. The third-order valence-electron chi connectivity index (χ3n) is 3.28. The van der Waals surface area contributed by atoms with E-state index < -0.39 is 10.0 Å². The summed E-state index contributed by atoms with van der Waals surface area (Å²) in [5.41, 5.74) is 0.398. The maximum atomic E-state index is 12.4. The molecule has 1 amide bonds. The average Bonchev–Trinajstić information content (AvgIpc) is 2.59. The lowest BCUT2D eigenvalue weighted by Gasteiger charge is -2.11. The first kappa shape index (κ1) is 19.6. The number of hydrogen-bond acceptors (Lipinski definition) is 5. The molecule has 26 heavy (non-hydrogen) atoms. The number of hydrogen-bond donors (Lipinski definition) is 2. The molecule has 2 aromatic rings. The summed E-state index contributed by atoms with van der Waals surface area (Å²) < 4.78 is 37.8. The van der Waals surface area contributed by atoms with Crippen molar-refractivity contribution in [2.45, 2.75) is 24.8 Å². The van der Waals surface area contributed by atoms with Gasteiger partial charge in [0.05, 0.1) is 17.7 Å². The molecule has 0 spiro atoms. The van der Waals surface area contributed by atoms with Gasteiger partial charge in [0.25, 0.3) is 15.9 Å². The highest BCUT2D eigenvalue weighted by Gasteiger charge is 2.15. The Labute approximate surface area is 153 Å². The fraction of sp³-hybridized carbons (Fsp3) is 0.278. The van der Waals surface area contributed by atoms with Gasteiger partial charge in [0, 0.05) is 12.1 Å². The predicted octanol–water partition coefficient (Wildman–Crippen LogP) is 2.40. The van der Waals surface area contributed by atoms with Crippen molar-refractivity contribution < 1.29 is 22.7 Å². The number of nitrogens with one attached hydrogen (secondary N) is 2. The molecule has 0 unspecified atom stereocenters. The number of ether oxygens (including phenoxy) is 2. The zero-order chi connectivity index (χ0) is 19.2. The molecule has 140 valence electrons. The van der Waals surface area contributed by atoms with Gasteiger partial charge in [-0.1, -0.05) is 6.07 Å². The molecular weight excluding hydrogens is 356 g/mol. The van der Waals surface area contributed by atoms with Crippen LogP contribution in [0.15, 0.2) is 53.4 Å². The lowest BCUT2D eigenvalue weighted by Crippen LogP contribution is -2.34. The van der Waals surface area contributed by atoms with Gasteiger partial charge in [-0.15, -0.1) is 0 Å². The first-order chi connectivity index (χ1) is 12.3. The fourth-order valence-corrected chi connectivity index (χ4v) is 3.18. The van der Waals surface area contributed by atoms with Gasteiger partial charge >= 0.3 is 0 Å². The minimum absolute atomic E-state index is 0.0290. The van der Waals surface area contributed by atoms with E-state index in [0.717, 1.165) is 0 Å². The van der Waals surface area contributed by atoms with E-state index >= 15 is 0 Å². The highest BCUT2D eigenvalue weighted by atomic mass is 32.2. The van der Waals surface area contributed by atoms with E-state index in [-0.39, 0.29) is 23.5 Å². The van der Waals surface area contributed by atoms with E-state index in [1.165, 1.54) is 31.4 Å². The smallest absolute Gasteiger partial charge is 0.261 e. The van der Waals surface area contributed by atoms with Crippen LogP contribution in [0, 0.1) is 0 Å². The van der Waals surface area contributed by atoms with Crippen LogP contribution < -0.4 is 19.5 Å². The van der Waals surface area contributed by atoms with Crippen molar-refractivity contribution in [3.8, 4) is 11.5 Å². The summed E-state index contributed by atoms with van der Waals surface area (Å²) in [6.07, 6.45) is 0. The van der Waals surface area contributed by atoms with E-state index in [0.29, 0.717) is 17.2 Å². The van der Waals surface area contributed by atoms with E-state index in [9.17, 15) is 13.2 Å². The standard InChI is InChI=1S/C18H22N2O5S/c1-13(2)19-18(21)12-25-15-7-9-17(10-8-15)26(22,23)20-14-5-4-6-16(11-14)24-3/h4-11,13,20H,12H2,1-3H3,(H,19,21). The minimum atomic E-state index is -3.74. The van der Waals surface area contributed by atoms with Crippen molar-refractivity contribution in [1.82, 2.24) is 5.32 Å². The van der Waals surface area contributed by atoms with E-state index in [1.54, 1.807) is 24.3 Å². The maximum absolute atomic E-state index is 12.4. The third-order valence-corrected chi connectivity index (χ3v) is 4.67. The molecule has 0 saturated carbocycles. The lowest BCUT2D eigenvalue weighted by molar-refractivity contribution is -0.123. The Balaban J connectivity index is 2.02. The van der Waals surface area contributed by atoms with Crippen LogP contribution >= 0.6 is 0 Å². The summed E-state index contributed by atoms with van der Waals surface area (Å²) in [4.78, 5) is 11.6. The number of benzene rings is 2. The SMILES string of the molecule is COc1cccc(NS(=O)(=O)c2ccc(OCC(=O)NC(C)C)cc2)c1. The normalized spacial score (nSPS) is 11.1. The van der Waals surface area contributed by atoms with Crippen LogP contribution in [0.2, 0.25) is 0 Å². The van der Waals surface area contributed by atoms with Crippen molar-refractivity contribution in [2.75, 3.05) is 18.4 Å². The molecule has 0 aromatic heterocycles. The van der Waals surface area contributed by atoms with Gasteiger partial charge in [-0.2, -0.15) is 0 Å². The Morgan fingerprint density at radius 1 is 1.08 bits per heavy atom. The second-order valence-corrected chi connectivity index (χ2v) is 7.50. The molecule has 0 aliphatic rings. The second-order valence-electron chi connectivity index (χ2n) is 5.82. The zero-order valence-corrected chi connectivity index (χ0v) is 15.7. The van der Waals surface area contributed by atoms with Gasteiger partial charge in [0.1, 0.15) is 11.5 Å². The Kier molecular flexibility index (Phi) is 6.46. The quantitative estimate of drug-likeness (QED) is 0.736. The van der Waals surface area contributed by atoms with E-state index in [1.807, 2.05) is 13.8 Å². The second kappa shape index (κ2) is 8.57. The molecule has 0 aliphatic heterocycles. The van der Waals surface area contributed by atoms with Crippen molar-refractivity contribution in [2.24, 2.45) is 0 Å². The summed E-state index contributed by atoms with van der Waals surface area (Å²) in [5, 5.41) is 2.71. The van der Waals surface area contributed by atoms with Crippen molar-refractivity contribution in [1.29, 1.82) is 0 Å². The Morgan fingerprint density at radius 3 is 2.38 bits per heavy atom. The van der Waals surface area contributed by atoms with Gasteiger partial charge in [-0.25, -0.2) is 8.42 Å². The minimum Gasteiger partial charge on any atom is -0.497 e. The molecule has 0 heterocycles. The highest BCUT2D eigenvalue weighted by molar-refractivity contribution is 7.92. The summed E-state index contributed by atoms with van der Waals surface area (Å²) >= 11 is 0. The number of sulfonamides is 1. The molecule has 0 aliphatic carbocycles. The number of anilines is 1. The lowest BCUT2D eigenvalue weighted by atomic mass is 10.3. The van der Waals surface area contributed by atoms with Crippen LogP contribution in [-0.4, -0.2) is 34.1 Å². The molecule has 2 N–H and O–H groups in total. The largest absolute Gasteiger partial charge is 0.497 e. The zero-order valence-electron chi connectivity index (χ0n) is 14.9. The first-order valence-corrected chi connectivity index (χ1v) is 9.47.